The lowest BCUT2D eigenvalue weighted by molar-refractivity contribution is 0.234. The molecule has 0 radical (unpaired) electrons. The minimum Gasteiger partial charge on any atom is -0.307 e. The van der Waals surface area contributed by atoms with E-state index in [4.69, 9.17) is 11.6 Å². The molecule has 25 heavy (non-hydrogen) atoms. The molecule has 0 aliphatic carbocycles. The number of carbonyl (C=O) groups excluding carboxylic acids is 1. The van der Waals surface area contributed by atoms with Crippen LogP contribution in [0.4, 0.5) is 10.5 Å². The van der Waals surface area contributed by atoms with E-state index >= 15 is 0 Å². The number of urea groups is 1. The summed E-state index contributed by atoms with van der Waals surface area (Å²) in [7, 11) is 0. The lowest BCUT2D eigenvalue weighted by Crippen LogP contribution is -2.39. The van der Waals surface area contributed by atoms with Crippen molar-refractivity contribution in [2.75, 3.05) is 18.4 Å². The summed E-state index contributed by atoms with van der Waals surface area (Å²) in [5.41, 5.74) is 1.87. The van der Waals surface area contributed by atoms with Gasteiger partial charge in [-0.1, -0.05) is 66.7 Å². The first-order valence-corrected chi connectivity index (χ1v) is 9.47. The SMILES string of the molecule is C[C@@H]1CN=C(N(CCc2ccccc2)C(=O)Nc2cccc(Cl)c2)S1. The molecule has 0 spiro atoms. The molecule has 1 atom stereocenters. The molecule has 1 heterocycles. The Hall–Kier alpha value is -1.98. The fourth-order valence-electron chi connectivity index (χ4n) is 2.54. The van der Waals surface area contributed by atoms with Crippen LogP contribution in [0.2, 0.25) is 5.02 Å². The molecule has 3 rings (SSSR count). The predicted octanol–water partition coefficient (Wildman–Crippen LogP) is 4.91. The highest BCUT2D eigenvalue weighted by Crippen LogP contribution is 2.24. The fourth-order valence-corrected chi connectivity index (χ4v) is 3.69. The Balaban J connectivity index is 1.72. The quantitative estimate of drug-likeness (QED) is 0.827. The van der Waals surface area contributed by atoms with Gasteiger partial charge >= 0.3 is 6.03 Å². The highest BCUT2D eigenvalue weighted by atomic mass is 35.5. The Morgan fingerprint density at radius 1 is 1.28 bits per heavy atom. The highest BCUT2D eigenvalue weighted by molar-refractivity contribution is 8.14. The number of hydrogen-bond donors (Lipinski definition) is 1. The molecule has 0 aromatic heterocycles. The van der Waals surface area contributed by atoms with Crippen LogP contribution < -0.4 is 5.32 Å². The van der Waals surface area contributed by atoms with Crippen molar-refractivity contribution in [2.24, 2.45) is 4.99 Å². The van der Waals surface area contributed by atoms with Gasteiger partial charge < -0.3 is 5.32 Å². The summed E-state index contributed by atoms with van der Waals surface area (Å²) in [5, 5.41) is 4.69. The Kier molecular flexibility index (Phi) is 6.00. The standard InChI is InChI=1S/C19H20ClN3OS/c1-14-13-21-19(25-14)23(11-10-15-6-3-2-4-7-15)18(24)22-17-9-5-8-16(20)12-17/h2-9,12,14H,10-11,13H2,1H3,(H,22,24)/t14-/m1/s1. The van der Waals surface area contributed by atoms with Gasteiger partial charge in [0, 0.05) is 22.5 Å². The number of nitrogens with one attached hydrogen (secondary N) is 1. The monoisotopic (exact) mass is 373 g/mol. The second-order valence-electron chi connectivity index (χ2n) is 5.88. The van der Waals surface area contributed by atoms with E-state index in [0.29, 0.717) is 22.5 Å². The maximum Gasteiger partial charge on any atom is 0.327 e. The summed E-state index contributed by atoms with van der Waals surface area (Å²) in [5.74, 6) is 0. The van der Waals surface area contributed by atoms with Crippen LogP contribution in [0.25, 0.3) is 0 Å². The number of hydrogen-bond acceptors (Lipinski definition) is 3. The third-order valence-electron chi connectivity index (χ3n) is 3.81. The van der Waals surface area contributed by atoms with Crippen LogP contribution in [0.3, 0.4) is 0 Å². The van der Waals surface area contributed by atoms with Crippen LogP contribution in [0.15, 0.2) is 59.6 Å². The maximum absolute atomic E-state index is 12.8. The Labute approximate surface area is 157 Å². The van der Waals surface area contributed by atoms with Crippen LogP contribution >= 0.6 is 23.4 Å². The number of rotatable bonds is 4. The van der Waals surface area contributed by atoms with Gasteiger partial charge in [0.1, 0.15) is 0 Å². The highest BCUT2D eigenvalue weighted by Gasteiger charge is 2.25. The van der Waals surface area contributed by atoms with E-state index in [0.717, 1.165) is 18.1 Å². The number of aliphatic imine (C=N–C) groups is 1. The fraction of sp³-hybridized carbons (Fsp3) is 0.263. The first-order chi connectivity index (χ1) is 12.1. The molecule has 2 aromatic carbocycles. The van der Waals surface area contributed by atoms with Gasteiger partial charge in [-0.3, -0.25) is 9.89 Å². The molecule has 4 nitrogen and oxygen atoms in total. The molecule has 2 amide bonds. The number of nitrogens with zero attached hydrogens (tertiary/aromatic N) is 2. The van der Waals surface area contributed by atoms with E-state index in [1.807, 2.05) is 30.3 Å². The number of thioether (sulfide) groups is 1. The third kappa shape index (κ3) is 5.00. The molecular weight excluding hydrogens is 354 g/mol. The molecular formula is C19H20ClN3OS. The lowest BCUT2D eigenvalue weighted by atomic mass is 10.1. The zero-order valence-electron chi connectivity index (χ0n) is 14.0. The van der Waals surface area contributed by atoms with Crippen LogP contribution in [0, 0.1) is 0 Å². The van der Waals surface area contributed by atoms with Gasteiger partial charge in [-0.05, 0) is 30.2 Å². The van der Waals surface area contributed by atoms with Crippen molar-refractivity contribution < 1.29 is 4.79 Å². The molecule has 0 bridgehead atoms. The van der Waals surface area contributed by atoms with E-state index in [-0.39, 0.29) is 6.03 Å². The summed E-state index contributed by atoms with van der Waals surface area (Å²) >= 11 is 7.64. The minimum atomic E-state index is -0.182. The van der Waals surface area contributed by atoms with Gasteiger partial charge in [0.05, 0.1) is 6.54 Å². The molecule has 1 aliphatic heterocycles. The minimum absolute atomic E-state index is 0.182. The predicted molar refractivity (Wildman–Crippen MR) is 107 cm³/mol. The molecule has 1 aliphatic rings. The largest absolute Gasteiger partial charge is 0.327 e. The number of benzene rings is 2. The van der Waals surface area contributed by atoms with Crippen molar-refractivity contribution >= 4 is 40.2 Å². The number of carbonyl (C=O) groups is 1. The second kappa shape index (κ2) is 8.41. The van der Waals surface area contributed by atoms with Crippen molar-refractivity contribution in [2.45, 2.75) is 18.6 Å². The molecule has 2 aromatic rings. The zero-order valence-corrected chi connectivity index (χ0v) is 15.6. The first kappa shape index (κ1) is 17.8. The van der Waals surface area contributed by atoms with Crippen LogP contribution in [0.1, 0.15) is 12.5 Å². The van der Waals surface area contributed by atoms with Crippen molar-refractivity contribution in [3.8, 4) is 0 Å². The first-order valence-electron chi connectivity index (χ1n) is 8.21. The van der Waals surface area contributed by atoms with Crippen LogP contribution in [-0.4, -0.2) is 34.4 Å². The van der Waals surface area contributed by atoms with Crippen molar-refractivity contribution in [1.29, 1.82) is 0 Å². The Morgan fingerprint density at radius 2 is 2.08 bits per heavy atom. The zero-order chi connectivity index (χ0) is 17.6. The van der Waals surface area contributed by atoms with Crippen molar-refractivity contribution in [1.82, 2.24) is 4.90 Å². The average Bonchev–Trinajstić information content (AvgIpc) is 3.02. The molecule has 1 N–H and O–H groups in total. The molecule has 0 saturated heterocycles. The van der Waals surface area contributed by atoms with E-state index in [2.05, 4.69) is 29.4 Å². The number of halogens is 1. The smallest absolute Gasteiger partial charge is 0.307 e. The van der Waals surface area contributed by atoms with E-state index in [1.165, 1.54) is 5.56 Å². The van der Waals surface area contributed by atoms with E-state index in [9.17, 15) is 4.79 Å². The molecule has 6 heteroatoms. The summed E-state index contributed by atoms with van der Waals surface area (Å²) in [6.07, 6.45) is 0.776. The maximum atomic E-state index is 12.8. The van der Waals surface area contributed by atoms with Gasteiger partial charge in [0.15, 0.2) is 5.17 Å². The normalized spacial score (nSPS) is 16.4. The molecule has 0 saturated carbocycles. The van der Waals surface area contributed by atoms with Gasteiger partial charge in [-0.2, -0.15) is 0 Å². The van der Waals surface area contributed by atoms with Gasteiger partial charge in [0.2, 0.25) is 0 Å². The van der Waals surface area contributed by atoms with Crippen molar-refractivity contribution in [3.63, 3.8) is 0 Å². The number of amidine groups is 1. The van der Waals surface area contributed by atoms with E-state index < -0.39 is 0 Å². The Morgan fingerprint density at radius 3 is 2.76 bits per heavy atom. The molecule has 0 unspecified atom stereocenters. The lowest BCUT2D eigenvalue weighted by Gasteiger charge is -2.23. The summed E-state index contributed by atoms with van der Waals surface area (Å²) in [6, 6.07) is 17.1. The molecule has 0 fully saturated rings. The van der Waals surface area contributed by atoms with Gasteiger partial charge in [-0.25, -0.2) is 4.79 Å². The topological polar surface area (TPSA) is 44.7 Å². The van der Waals surface area contributed by atoms with Gasteiger partial charge in [0.25, 0.3) is 0 Å². The summed E-state index contributed by atoms with van der Waals surface area (Å²) in [6.45, 7) is 3.44. The number of amides is 2. The Bertz CT molecular complexity index is 766. The average molecular weight is 374 g/mol. The summed E-state index contributed by atoms with van der Waals surface area (Å²) in [4.78, 5) is 19.1. The van der Waals surface area contributed by atoms with Gasteiger partial charge in [-0.15, -0.1) is 0 Å². The molecule has 130 valence electrons. The van der Waals surface area contributed by atoms with Crippen LogP contribution in [-0.2, 0) is 6.42 Å². The second-order valence-corrected chi connectivity index (χ2v) is 7.72. The van der Waals surface area contributed by atoms with Crippen molar-refractivity contribution in [3.05, 3.63) is 65.2 Å². The van der Waals surface area contributed by atoms with Crippen LogP contribution in [0.5, 0.6) is 0 Å². The third-order valence-corrected chi connectivity index (χ3v) is 5.16. The summed E-state index contributed by atoms with van der Waals surface area (Å²) < 4.78 is 0. The van der Waals surface area contributed by atoms with E-state index in [1.54, 1.807) is 28.8 Å². The number of anilines is 1.